The zero-order valence-electron chi connectivity index (χ0n) is 36.3. The Morgan fingerprint density at radius 3 is 0.898 bits per heavy atom. The second-order valence-electron chi connectivity index (χ2n) is 17.9. The van der Waals surface area contributed by atoms with E-state index in [0.29, 0.717) is 38.5 Å². The molecule has 0 fully saturated rings. The number of hydrogen-bond donors (Lipinski definition) is 2. The molecular formula is C47H68O12. The van der Waals surface area contributed by atoms with Crippen LogP contribution in [0.1, 0.15) is 157 Å². The van der Waals surface area contributed by atoms with Crippen LogP contribution in [0.2, 0.25) is 0 Å². The van der Waals surface area contributed by atoms with E-state index in [9.17, 15) is 19.2 Å². The Morgan fingerprint density at radius 2 is 0.695 bits per heavy atom. The number of esters is 2. The number of benzene rings is 2. The number of ether oxygens (including phenoxy) is 6. The maximum absolute atomic E-state index is 11.6. The summed E-state index contributed by atoms with van der Waals surface area (Å²) in [5, 5.41) is 18.1. The van der Waals surface area contributed by atoms with Crippen LogP contribution >= 0.6 is 0 Å². The molecule has 6 rings (SSSR count). The van der Waals surface area contributed by atoms with Crippen LogP contribution in [0, 0.1) is 27.7 Å². The summed E-state index contributed by atoms with van der Waals surface area (Å²) in [6, 6.07) is 0. The Morgan fingerprint density at radius 1 is 0.475 bits per heavy atom. The van der Waals surface area contributed by atoms with Gasteiger partial charge in [-0.3, -0.25) is 19.2 Å². The predicted molar refractivity (Wildman–Crippen MR) is 224 cm³/mol. The van der Waals surface area contributed by atoms with Crippen molar-refractivity contribution in [2.24, 2.45) is 0 Å². The third-order valence-electron chi connectivity index (χ3n) is 13.2. The fourth-order valence-corrected chi connectivity index (χ4v) is 8.88. The van der Waals surface area contributed by atoms with Gasteiger partial charge >= 0.3 is 23.9 Å². The Labute approximate surface area is 350 Å². The Bertz CT molecular complexity index is 1800. The molecule has 4 aliphatic heterocycles. The van der Waals surface area contributed by atoms with E-state index >= 15 is 0 Å². The van der Waals surface area contributed by atoms with E-state index in [1.807, 2.05) is 27.7 Å². The van der Waals surface area contributed by atoms with Gasteiger partial charge in [0, 0.05) is 47.9 Å². The summed E-state index contributed by atoms with van der Waals surface area (Å²) in [4.78, 5) is 45.2. The maximum Gasteiger partial charge on any atom is 0.305 e. The van der Waals surface area contributed by atoms with Gasteiger partial charge in [0.25, 0.3) is 0 Å². The van der Waals surface area contributed by atoms with Crippen molar-refractivity contribution < 1.29 is 57.8 Å². The molecule has 2 N–H and O–H groups in total. The van der Waals surface area contributed by atoms with E-state index < -0.39 is 23.1 Å². The maximum atomic E-state index is 11.6. The fourth-order valence-electron chi connectivity index (χ4n) is 8.88. The van der Waals surface area contributed by atoms with E-state index in [2.05, 4.69) is 27.7 Å². The van der Waals surface area contributed by atoms with Gasteiger partial charge < -0.3 is 38.6 Å². The number of carbonyl (C=O) groups excluding carboxylic acids is 2. The molecule has 4 atom stereocenters. The summed E-state index contributed by atoms with van der Waals surface area (Å²) in [6.07, 6.45) is 9.88. The van der Waals surface area contributed by atoms with Gasteiger partial charge in [-0.1, -0.05) is 7.43 Å². The zero-order valence-corrected chi connectivity index (χ0v) is 36.3. The first kappa shape index (κ1) is 47.2. The molecule has 59 heavy (non-hydrogen) atoms. The summed E-state index contributed by atoms with van der Waals surface area (Å²) in [6.45, 7) is 16.3. The van der Waals surface area contributed by atoms with Crippen LogP contribution in [0.3, 0.4) is 0 Å². The largest absolute Gasteiger partial charge is 0.487 e. The minimum Gasteiger partial charge on any atom is -0.487 e. The van der Waals surface area contributed by atoms with Gasteiger partial charge in [0.2, 0.25) is 0 Å². The summed E-state index contributed by atoms with van der Waals surface area (Å²) in [5.74, 6) is 1.65. The monoisotopic (exact) mass is 824 g/mol. The number of carboxylic acid groups (broad SMARTS) is 2. The highest BCUT2D eigenvalue weighted by Crippen LogP contribution is 2.51. The van der Waals surface area contributed by atoms with Crippen molar-refractivity contribution >= 4 is 23.9 Å². The van der Waals surface area contributed by atoms with Crippen LogP contribution in [0.4, 0.5) is 0 Å². The number of hydrogen-bond acceptors (Lipinski definition) is 10. The van der Waals surface area contributed by atoms with Crippen molar-refractivity contribution in [1.29, 1.82) is 0 Å². The van der Waals surface area contributed by atoms with Gasteiger partial charge in [0.1, 0.15) is 45.4 Å². The molecule has 0 saturated carbocycles. The number of rotatable bonds is 12. The van der Waals surface area contributed by atoms with Gasteiger partial charge in [0.15, 0.2) is 0 Å². The average Bonchev–Trinajstić information content (AvgIpc) is 3.19. The van der Waals surface area contributed by atoms with Crippen molar-refractivity contribution in [3.05, 3.63) is 44.5 Å². The number of carboxylic acids is 2. The second kappa shape index (κ2) is 18.4. The molecule has 12 heteroatoms. The lowest BCUT2D eigenvalue weighted by Crippen LogP contribution is -2.40. The number of methoxy groups -OCH3 is 2. The van der Waals surface area contributed by atoms with Crippen LogP contribution in [0.5, 0.6) is 23.0 Å². The van der Waals surface area contributed by atoms with E-state index in [1.54, 1.807) is 0 Å². The van der Waals surface area contributed by atoms with E-state index in [0.717, 1.165) is 96.6 Å². The van der Waals surface area contributed by atoms with Crippen LogP contribution < -0.4 is 18.9 Å². The van der Waals surface area contributed by atoms with Crippen molar-refractivity contribution in [2.45, 2.75) is 188 Å². The van der Waals surface area contributed by atoms with Crippen LogP contribution in [-0.2, 0) is 54.3 Å². The zero-order chi connectivity index (χ0) is 42.8. The topological polar surface area (TPSA) is 164 Å². The van der Waals surface area contributed by atoms with Gasteiger partial charge in [-0.25, -0.2) is 0 Å². The quantitative estimate of drug-likeness (QED) is 0.195. The number of aliphatic carboxylic acids is 2. The van der Waals surface area contributed by atoms with Crippen LogP contribution in [0.25, 0.3) is 0 Å². The van der Waals surface area contributed by atoms with Gasteiger partial charge in [-0.2, -0.15) is 0 Å². The van der Waals surface area contributed by atoms with Crippen molar-refractivity contribution in [3.63, 3.8) is 0 Å². The molecule has 0 aliphatic carbocycles. The van der Waals surface area contributed by atoms with Gasteiger partial charge in [-0.15, -0.1) is 0 Å². The van der Waals surface area contributed by atoms with E-state index in [-0.39, 0.29) is 43.4 Å². The molecule has 0 aromatic heterocycles. The SMILES string of the molecule is C.COC(=O)CCC1(C)CCc2c3c(c(C)c(C)c2O1)OC(C)(CCC(=O)OC)CC3.Cc1c(C)c2c(c3c1OC(C)(CCC(=O)O)CC3)CCC(C)(CCC(=O)O)O2. The molecule has 4 unspecified atom stereocenters. The molecule has 0 spiro atoms. The first-order chi connectivity index (χ1) is 27.1. The average molecular weight is 825 g/mol. The summed E-state index contributed by atoms with van der Waals surface area (Å²) < 4.78 is 35.4. The molecule has 4 aliphatic rings. The van der Waals surface area contributed by atoms with Crippen LogP contribution in [0.15, 0.2) is 0 Å². The minimum atomic E-state index is -0.803. The predicted octanol–water partition coefficient (Wildman–Crippen LogP) is 9.21. The summed E-state index contributed by atoms with van der Waals surface area (Å²) >= 11 is 0. The highest BCUT2D eigenvalue weighted by atomic mass is 16.5. The van der Waals surface area contributed by atoms with Crippen LogP contribution in [-0.4, -0.2) is 70.7 Å². The van der Waals surface area contributed by atoms with Crippen molar-refractivity contribution in [2.75, 3.05) is 14.2 Å². The van der Waals surface area contributed by atoms with Gasteiger partial charge in [-0.05, 0) is 155 Å². The number of carbonyl (C=O) groups is 4. The smallest absolute Gasteiger partial charge is 0.305 e. The minimum absolute atomic E-state index is 0. The fraction of sp³-hybridized carbons (Fsp3) is 0.660. The Hall–Kier alpha value is -4.48. The molecule has 0 saturated heterocycles. The van der Waals surface area contributed by atoms with E-state index in [4.69, 9.17) is 38.6 Å². The molecule has 0 amide bonds. The lowest BCUT2D eigenvalue weighted by Gasteiger charge is -2.42. The molecule has 0 radical (unpaired) electrons. The summed E-state index contributed by atoms with van der Waals surface area (Å²) in [5.41, 5.74) is 7.35. The highest BCUT2D eigenvalue weighted by Gasteiger charge is 2.42. The molecular weight excluding hydrogens is 757 g/mol. The Kier molecular flexibility index (Phi) is 14.7. The molecule has 4 heterocycles. The summed E-state index contributed by atoms with van der Waals surface area (Å²) in [7, 11) is 2.83. The first-order valence-electron chi connectivity index (χ1n) is 20.8. The third kappa shape index (κ3) is 10.6. The highest BCUT2D eigenvalue weighted by molar-refractivity contribution is 5.70. The molecule has 328 valence electrons. The second-order valence-corrected chi connectivity index (χ2v) is 17.9. The normalized spacial score (nSPS) is 24.8. The lowest BCUT2D eigenvalue weighted by atomic mass is 9.80. The van der Waals surface area contributed by atoms with Gasteiger partial charge in [0.05, 0.1) is 14.2 Å². The Balaban J connectivity index is 0.000000257. The lowest BCUT2D eigenvalue weighted by molar-refractivity contribution is -0.142. The first-order valence-corrected chi connectivity index (χ1v) is 20.8. The molecule has 2 aromatic rings. The molecule has 12 nitrogen and oxygen atoms in total. The van der Waals surface area contributed by atoms with E-state index in [1.165, 1.54) is 36.5 Å². The molecule has 0 bridgehead atoms. The number of fused-ring (bicyclic) bond motifs is 6. The van der Waals surface area contributed by atoms with Crippen molar-refractivity contribution in [3.8, 4) is 23.0 Å². The standard InChI is InChI=1S/C24H34O6.C22H30O6.CH4/c1-15-16(2)22-18(8-12-24(4,30-22)14-10-20(26)28-6)17-7-11-23(3,29-21(15)17)13-9-19(25)27-5;1-13-14(2)20-16(6-10-22(4,28-20)12-8-18(25)26)15-5-9-21(3,27-19(13)15)11-7-17(23)24;/h7-14H2,1-6H3;5-12H2,1-4H3,(H,23,24)(H,25,26);1H4. The third-order valence-corrected chi connectivity index (χ3v) is 13.2. The molecule has 2 aromatic carbocycles. The van der Waals surface area contributed by atoms with Crippen molar-refractivity contribution in [1.82, 2.24) is 0 Å².